The zero-order valence-corrected chi connectivity index (χ0v) is 10.6. The minimum absolute atomic E-state index is 0.158. The van der Waals surface area contributed by atoms with Crippen molar-refractivity contribution in [3.8, 4) is 0 Å². The lowest BCUT2D eigenvalue weighted by molar-refractivity contribution is 0.0951. The molecule has 1 saturated carbocycles. The normalized spacial score (nSPS) is 15.1. The van der Waals surface area contributed by atoms with Crippen molar-refractivity contribution >= 4 is 40.1 Å². The third kappa shape index (κ3) is 2.60. The van der Waals surface area contributed by atoms with Gasteiger partial charge in [0.15, 0.2) is 0 Å². The monoisotopic (exact) mass is 339 g/mol. The SMILES string of the molecule is O=C(NC1CC1)c1cc(I)c(F)cc1Cl. The van der Waals surface area contributed by atoms with Gasteiger partial charge in [0.25, 0.3) is 5.91 Å². The van der Waals surface area contributed by atoms with Crippen LogP contribution in [-0.4, -0.2) is 11.9 Å². The van der Waals surface area contributed by atoms with E-state index in [0.717, 1.165) is 12.8 Å². The number of rotatable bonds is 2. The topological polar surface area (TPSA) is 29.1 Å². The van der Waals surface area contributed by atoms with E-state index in [9.17, 15) is 9.18 Å². The molecule has 5 heteroatoms. The summed E-state index contributed by atoms with van der Waals surface area (Å²) in [5.74, 6) is -0.621. The molecule has 80 valence electrons. The molecule has 1 aliphatic carbocycles. The number of hydrogen-bond donors (Lipinski definition) is 1. The first-order chi connectivity index (χ1) is 7.08. The fourth-order valence-electron chi connectivity index (χ4n) is 1.19. The fraction of sp³-hybridized carbons (Fsp3) is 0.300. The number of carbonyl (C=O) groups excluding carboxylic acids is 1. The van der Waals surface area contributed by atoms with Gasteiger partial charge in [-0.15, -0.1) is 0 Å². The van der Waals surface area contributed by atoms with E-state index in [1.807, 2.05) is 22.6 Å². The highest BCUT2D eigenvalue weighted by Crippen LogP contribution is 2.24. The molecule has 0 atom stereocenters. The molecular formula is C10H8ClFINO. The Bertz CT molecular complexity index is 420. The van der Waals surface area contributed by atoms with Gasteiger partial charge in [-0.2, -0.15) is 0 Å². The summed E-state index contributed by atoms with van der Waals surface area (Å²) in [6.45, 7) is 0. The van der Waals surface area contributed by atoms with E-state index in [1.165, 1.54) is 12.1 Å². The van der Waals surface area contributed by atoms with Gasteiger partial charge < -0.3 is 5.32 Å². The number of nitrogens with one attached hydrogen (secondary N) is 1. The van der Waals surface area contributed by atoms with Crippen LogP contribution in [0.2, 0.25) is 5.02 Å². The zero-order chi connectivity index (χ0) is 11.0. The van der Waals surface area contributed by atoms with Crippen molar-refractivity contribution in [3.63, 3.8) is 0 Å². The predicted octanol–water partition coefficient (Wildman–Crippen LogP) is 2.98. The average Bonchev–Trinajstić information content (AvgIpc) is 2.95. The molecule has 0 heterocycles. The molecule has 15 heavy (non-hydrogen) atoms. The molecule has 0 aliphatic heterocycles. The Hall–Kier alpha value is -0.360. The molecule has 0 aromatic heterocycles. The summed E-state index contributed by atoms with van der Waals surface area (Å²) in [4.78, 5) is 11.7. The standard InChI is InChI=1S/C10H8ClFINO/c11-7-4-8(12)9(13)3-6(7)10(15)14-5-1-2-5/h3-5H,1-2H2,(H,14,15). The van der Waals surface area contributed by atoms with Crippen molar-refractivity contribution in [2.75, 3.05) is 0 Å². The molecule has 1 aromatic rings. The second kappa shape index (κ2) is 4.25. The number of carbonyl (C=O) groups is 1. The first-order valence-corrected chi connectivity index (χ1v) is 5.99. The smallest absolute Gasteiger partial charge is 0.253 e. The van der Waals surface area contributed by atoms with Crippen LogP contribution >= 0.6 is 34.2 Å². The summed E-state index contributed by atoms with van der Waals surface area (Å²) in [7, 11) is 0. The van der Waals surface area contributed by atoms with E-state index < -0.39 is 5.82 Å². The van der Waals surface area contributed by atoms with Gasteiger partial charge in [0.1, 0.15) is 5.82 Å². The molecule has 2 rings (SSSR count). The first kappa shape index (κ1) is 11.1. The lowest BCUT2D eigenvalue weighted by Gasteiger charge is -2.06. The van der Waals surface area contributed by atoms with E-state index in [2.05, 4.69) is 5.32 Å². The fourth-order valence-corrected chi connectivity index (χ4v) is 1.89. The van der Waals surface area contributed by atoms with Gasteiger partial charge in [-0.3, -0.25) is 4.79 Å². The van der Waals surface area contributed by atoms with Crippen LogP contribution in [0.25, 0.3) is 0 Å². The van der Waals surface area contributed by atoms with Crippen LogP contribution in [0.4, 0.5) is 4.39 Å². The van der Waals surface area contributed by atoms with Crippen LogP contribution in [0, 0.1) is 9.39 Å². The Morgan fingerprint density at radius 1 is 1.53 bits per heavy atom. The van der Waals surface area contributed by atoms with Crippen molar-refractivity contribution in [2.45, 2.75) is 18.9 Å². The van der Waals surface area contributed by atoms with E-state index in [4.69, 9.17) is 11.6 Å². The van der Waals surface area contributed by atoms with Gasteiger partial charge in [-0.25, -0.2) is 4.39 Å². The van der Waals surface area contributed by atoms with Crippen LogP contribution in [0.1, 0.15) is 23.2 Å². The van der Waals surface area contributed by atoms with Gasteiger partial charge in [-0.1, -0.05) is 11.6 Å². The minimum atomic E-state index is -0.399. The Morgan fingerprint density at radius 3 is 2.80 bits per heavy atom. The second-order valence-corrected chi connectivity index (χ2v) is 5.06. The number of hydrogen-bond acceptors (Lipinski definition) is 1. The maximum Gasteiger partial charge on any atom is 0.253 e. The van der Waals surface area contributed by atoms with Crippen LogP contribution in [0.3, 0.4) is 0 Å². The lowest BCUT2D eigenvalue weighted by atomic mass is 10.2. The van der Waals surface area contributed by atoms with Crippen molar-refractivity contribution < 1.29 is 9.18 Å². The van der Waals surface area contributed by atoms with E-state index in [-0.39, 0.29) is 17.0 Å². The molecule has 1 amide bonds. The first-order valence-electron chi connectivity index (χ1n) is 4.53. The third-order valence-corrected chi connectivity index (χ3v) is 3.31. The van der Waals surface area contributed by atoms with E-state index in [1.54, 1.807) is 0 Å². The summed E-state index contributed by atoms with van der Waals surface area (Å²) in [6, 6.07) is 2.91. The minimum Gasteiger partial charge on any atom is -0.349 e. The summed E-state index contributed by atoms with van der Waals surface area (Å²) < 4.78 is 13.5. The molecule has 0 unspecified atom stereocenters. The average molecular weight is 340 g/mol. The summed E-state index contributed by atoms with van der Waals surface area (Å²) in [6.07, 6.45) is 2.03. The van der Waals surface area contributed by atoms with E-state index in [0.29, 0.717) is 9.13 Å². The summed E-state index contributed by atoms with van der Waals surface area (Å²) in [5, 5.41) is 2.97. The number of benzene rings is 1. The molecule has 2 nitrogen and oxygen atoms in total. The molecule has 0 saturated heterocycles. The van der Waals surface area contributed by atoms with Gasteiger partial charge >= 0.3 is 0 Å². The number of halogens is 3. The van der Waals surface area contributed by atoms with Crippen LogP contribution in [0.5, 0.6) is 0 Å². The largest absolute Gasteiger partial charge is 0.349 e. The van der Waals surface area contributed by atoms with Crippen molar-refractivity contribution in [2.24, 2.45) is 0 Å². The Morgan fingerprint density at radius 2 is 2.20 bits per heavy atom. The molecule has 1 aromatic carbocycles. The Balaban J connectivity index is 2.25. The second-order valence-electron chi connectivity index (χ2n) is 3.49. The van der Waals surface area contributed by atoms with Gasteiger partial charge in [0.2, 0.25) is 0 Å². The highest BCUT2D eigenvalue weighted by molar-refractivity contribution is 14.1. The highest BCUT2D eigenvalue weighted by Gasteiger charge is 2.25. The van der Waals surface area contributed by atoms with Crippen molar-refractivity contribution in [1.29, 1.82) is 0 Å². The van der Waals surface area contributed by atoms with E-state index >= 15 is 0 Å². The van der Waals surface area contributed by atoms with Gasteiger partial charge in [0.05, 0.1) is 10.6 Å². The molecule has 1 N–H and O–H groups in total. The maximum atomic E-state index is 13.1. The van der Waals surface area contributed by atoms with Crippen LogP contribution in [-0.2, 0) is 0 Å². The molecular weight excluding hydrogens is 331 g/mol. The quantitative estimate of drug-likeness (QED) is 0.651. The molecule has 1 fully saturated rings. The molecule has 1 aliphatic rings. The molecule has 0 radical (unpaired) electrons. The van der Waals surface area contributed by atoms with Crippen LogP contribution in [0.15, 0.2) is 12.1 Å². The highest BCUT2D eigenvalue weighted by atomic mass is 127. The predicted molar refractivity (Wildman–Crippen MR) is 64.6 cm³/mol. The third-order valence-electron chi connectivity index (χ3n) is 2.17. The van der Waals surface area contributed by atoms with Gasteiger partial charge in [0, 0.05) is 9.61 Å². The summed E-state index contributed by atoms with van der Waals surface area (Å²) in [5.41, 5.74) is 0.342. The van der Waals surface area contributed by atoms with Crippen LogP contribution < -0.4 is 5.32 Å². The van der Waals surface area contributed by atoms with Crippen molar-refractivity contribution in [1.82, 2.24) is 5.32 Å². The lowest BCUT2D eigenvalue weighted by Crippen LogP contribution is -2.25. The summed E-state index contributed by atoms with van der Waals surface area (Å²) >= 11 is 7.63. The van der Waals surface area contributed by atoms with Crippen molar-refractivity contribution in [3.05, 3.63) is 32.1 Å². The molecule has 0 spiro atoms. The maximum absolute atomic E-state index is 13.1. The Kier molecular flexibility index (Phi) is 3.16. The Labute approximate surface area is 105 Å². The van der Waals surface area contributed by atoms with Gasteiger partial charge in [-0.05, 0) is 47.6 Å². The number of amides is 1. The zero-order valence-electron chi connectivity index (χ0n) is 7.69. The molecule has 0 bridgehead atoms.